The topological polar surface area (TPSA) is 200 Å². The lowest BCUT2D eigenvalue weighted by Gasteiger charge is -2.30. The second-order valence-electron chi connectivity index (χ2n) is 16.2. The highest BCUT2D eigenvalue weighted by atomic mass is 32.1. The first kappa shape index (κ1) is 42.0. The van der Waals surface area contributed by atoms with Crippen molar-refractivity contribution < 1.29 is 28.7 Å². The Labute approximate surface area is 360 Å². The molecule has 4 amide bonds. The zero-order chi connectivity index (χ0) is 42.9. The van der Waals surface area contributed by atoms with Crippen LogP contribution in [0.15, 0.2) is 47.7 Å². The fraction of sp³-hybridized carbons (Fsp3) is 0.442. The van der Waals surface area contributed by atoms with Crippen LogP contribution in [0.25, 0.3) is 54.1 Å². The van der Waals surface area contributed by atoms with Crippen LogP contribution >= 0.6 is 22.7 Å². The van der Waals surface area contributed by atoms with E-state index in [1.807, 2.05) is 54.7 Å². The summed E-state index contributed by atoms with van der Waals surface area (Å²) < 4.78 is 11.8. The molecule has 4 unspecified atom stereocenters. The fourth-order valence-electron chi connectivity index (χ4n) is 8.59. The van der Waals surface area contributed by atoms with Crippen molar-refractivity contribution in [3.63, 3.8) is 0 Å². The summed E-state index contributed by atoms with van der Waals surface area (Å²) in [6, 6.07) is 6.45. The Hall–Kier alpha value is -5.72. The van der Waals surface area contributed by atoms with Crippen molar-refractivity contribution in [3.05, 3.63) is 59.3 Å². The molecular formula is C43H50N10O6S2. The zero-order valence-corrected chi connectivity index (χ0v) is 36.6. The number of thiazole rings is 2. The van der Waals surface area contributed by atoms with Crippen LogP contribution in [0.5, 0.6) is 0 Å². The first-order valence-electron chi connectivity index (χ1n) is 20.6. The number of aromatic nitrogens is 6. The predicted octanol–water partition coefficient (Wildman–Crippen LogP) is 6.85. The number of fused-ring (bicyclic) bond motifs is 2. The molecule has 0 radical (unpaired) electrons. The summed E-state index contributed by atoms with van der Waals surface area (Å²) in [5.74, 6) is 0.560. The number of nitrogens with one attached hydrogen (secondary N) is 4. The number of methoxy groups -OCH3 is 2. The van der Waals surface area contributed by atoms with E-state index in [0.717, 1.165) is 79.8 Å². The number of hydrogen-bond donors (Lipinski definition) is 4. The third-order valence-corrected chi connectivity index (χ3v) is 13.4. The van der Waals surface area contributed by atoms with Crippen molar-refractivity contribution >= 4 is 66.9 Å². The number of rotatable bonds is 13. The molecule has 2 saturated heterocycles. The lowest BCUT2D eigenvalue weighted by Crippen LogP contribution is -2.51. The molecule has 320 valence electrons. The molecule has 0 bridgehead atoms. The summed E-state index contributed by atoms with van der Waals surface area (Å²) in [7, 11) is 2.74. The van der Waals surface area contributed by atoms with E-state index < -0.39 is 18.2 Å². The lowest BCUT2D eigenvalue weighted by molar-refractivity contribution is -0.139. The third kappa shape index (κ3) is 8.11. The van der Waals surface area contributed by atoms with E-state index in [4.69, 9.17) is 29.4 Å². The van der Waals surface area contributed by atoms with Gasteiger partial charge in [0, 0.05) is 42.5 Å². The summed E-state index contributed by atoms with van der Waals surface area (Å²) in [4.78, 5) is 81.9. The van der Waals surface area contributed by atoms with Crippen LogP contribution in [-0.4, -0.2) is 110 Å². The standard InChI is InChI=1S/C43H50N10O6S2/c1-22(2)33(50-32(54)19-58-5)41(55)52-15-7-9-30(52)39-44-17-28(48-39)26-13-12-25(37-36(26)47-21-60-37)24-11-14-27(38-35(24)46-20-61-38)29-18-45-40(49-29)31-10-8-16-53(31)42(56)34(23(3)4)51-43(57)59-6/h11-14,17-18,20-23,30-31,33-34H,7-10,15-16,19H2,1-6H3,(H,44,48)(H,45,49)(H,50,54)(H,51,57). The van der Waals surface area contributed by atoms with Crippen molar-refractivity contribution in [2.24, 2.45) is 11.8 Å². The van der Waals surface area contributed by atoms with E-state index in [2.05, 4.69) is 44.9 Å². The quantitative estimate of drug-likeness (QED) is 0.0952. The number of aromatic amines is 2. The van der Waals surface area contributed by atoms with Gasteiger partial charge in [-0.25, -0.2) is 24.7 Å². The molecule has 2 aromatic carbocycles. The highest BCUT2D eigenvalue weighted by Gasteiger charge is 2.39. The number of benzene rings is 2. The maximum Gasteiger partial charge on any atom is 0.407 e. The minimum absolute atomic E-state index is 0.104. The molecule has 2 aliphatic heterocycles. The number of alkyl carbamates (subject to hydrolysis) is 1. The molecule has 0 aliphatic carbocycles. The molecule has 4 atom stereocenters. The molecule has 18 heteroatoms. The number of imidazole rings is 2. The molecule has 0 spiro atoms. The maximum atomic E-state index is 13.8. The highest BCUT2D eigenvalue weighted by molar-refractivity contribution is 7.18. The normalized spacial score (nSPS) is 17.8. The van der Waals surface area contributed by atoms with E-state index in [0.29, 0.717) is 24.7 Å². The van der Waals surface area contributed by atoms with Gasteiger partial charge in [-0.1, -0.05) is 45.9 Å². The van der Waals surface area contributed by atoms with Crippen LogP contribution in [0.2, 0.25) is 0 Å². The number of carbonyl (C=O) groups is 4. The first-order chi connectivity index (χ1) is 29.5. The van der Waals surface area contributed by atoms with Crippen molar-refractivity contribution in [3.8, 4) is 33.6 Å². The highest BCUT2D eigenvalue weighted by Crippen LogP contribution is 2.43. The minimum atomic E-state index is -0.713. The first-order valence-corrected chi connectivity index (χ1v) is 22.3. The van der Waals surface area contributed by atoms with Crippen LogP contribution < -0.4 is 10.6 Å². The molecule has 4 aromatic heterocycles. The summed E-state index contributed by atoms with van der Waals surface area (Å²) in [6.45, 7) is 8.69. The summed E-state index contributed by atoms with van der Waals surface area (Å²) in [5.41, 5.74) is 10.9. The van der Waals surface area contributed by atoms with Gasteiger partial charge in [0.15, 0.2) is 0 Å². The Morgan fingerprint density at radius 1 is 0.705 bits per heavy atom. The van der Waals surface area contributed by atoms with Crippen molar-refractivity contribution in [2.45, 2.75) is 77.5 Å². The molecule has 6 aromatic rings. The van der Waals surface area contributed by atoms with E-state index in [1.165, 1.54) is 14.2 Å². The number of H-pyrrole nitrogens is 2. The molecule has 61 heavy (non-hydrogen) atoms. The number of likely N-dealkylation sites (tertiary alicyclic amines) is 2. The van der Waals surface area contributed by atoms with Crippen LogP contribution in [0.4, 0.5) is 4.79 Å². The second-order valence-corrected chi connectivity index (χ2v) is 17.9. The van der Waals surface area contributed by atoms with Gasteiger partial charge in [0.05, 0.1) is 74.4 Å². The third-order valence-electron chi connectivity index (χ3n) is 11.6. The van der Waals surface area contributed by atoms with Crippen LogP contribution in [0.3, 0.4) is 0 Å². The zero-order valence-electron chi connectivity index (χ0n) is 35.0. The summed E-state index contributed by atoms with van der Waals surface area (Å²) >= 11 is 3.12. The molecule has 2 fully saturated rings. The minimum Gasteiger partial charge on any atom is -0.453 e. The Kier molecular flexibility index (Phi) is 12.2. The maximum absolute atomic E-state index is 13.8. The molecule has 0 saturated carbocycles. The molecule has 2 aliphatic rings. The Morgan fingerprint density at radius 2 is 1.20 bits per heavy atom. The van der Waals surface area contributed by atoms with Crippen LogP contribution in [0.1, 0.15) is 77.1 Å². The van der Waals surface area contributed by atoms with Crippen molar-refractivity contribution in [1.82, 2.24) is 50.3 Å². The Balaban J connectivity index is 1.04. The van der Waals surface area contributed by atoms with E-state index in [9.17, 15) is 19.2 Å². The smallest absolute Gasteiger partial charge is 0.407 e. The van der Waals surface area contributed by atoms with Gasteiger partial charge in [0.25, 0.3) is 0 Å². The van der Waals surface area contributed by atoms with E-state index in [1.54, 1.807) is 28.9 Å². The van der Waals surface area contributed by atoms with Gasteiger partial charge in [-0.05, 0) is 43.6 Å². The monoisotopic (exact) mass is 866 g/mol. The SMILES string of the molecule is COCC(=O)NC(C(=O)N1CCCC1c1ncc(-c2ccc(-c3ccc(-c4cnc(C5CCCN5C(=O)C(NC(=O)OC)C(C)C)[nH]4)c4scnc34)c3scnc23)[nH]1)C(C)C. The number of ether oxygens (including phenoxy) is 2. The largest absolute Gasteiger partial charge is 0.453 e. The Bertz CT molecular complexity index is 2580. The lowest BCUT2D eigenvalue weighted by atomic mass is 9.99. The summed E-state index contributed by atoms with van der Waals surface area (Å²) in [5, 5.41) is 5.57. The van der Waals surface area contributed by atoms with Crippen LogP contribution in [0, 0.1) is 11.8 Å². The number of hydrogen-bond acceptors (Lipinski definition) is 12. The van der Waals surface area contributed by atoms with E-state index >= 15 is 0 Å². The fourth-order valence-corrected chi connectivity index (χ4v) is 10.3. The van der Waals surface area contributed by atoms with Crippen molar-refractivity contribution in [2.75, 3.05) is 33.9 Å². The number of carbonyl (C=O) groups excluding carboxylic acids is 4. The van der Waals surface area contributed by atoms with Gasteiger partial charge in [0.1, 0.15) is 30.3 Å². The second kappa shape index (κ2) is 17.7. The summed E-state index contributed by atoms with van der Waals surface area (Å²) in [6.07, 6.45) is 6.15. The van der Waals surface area contributed by atoms with Gasteiger partial charge in [-0.3, -0.25) is 14.4 Å². The van der Waals surface area contributed by atoms with Gasteiger partial charge >= 0.3 is 6.09 Å². The van der Waals surface area contributed by atoms with Gasteiger partial charge in [0.2, 0.25) is 17.7 Å². The van der Waals surface area contributed by atoms with E-state index in [-0.39, 0.29) is 48.2 Å². The van der Waals surface area contributed by atoms with Gasteiger partial charge < -0.3 is 39.9 Å². The Morgan fingerprint density at radius 3 is 1.75 bits per heavy atom. The predicted molar refractivity (Wildman–Crippen MR) is 234 cm³/mol. The van der Waals surface area contributed by atoms with Gasteiger partial charge in [-0.2, -0.15) is 0 Å². The van der Waals surface area contributed by atoms with Gasteiger partial charge in [-0.15, -0.1) is 22.7 Å². The molecule has 6 heterocycles. The molecular weight excluding hydrogens is 817 g/mol. The molecule has 16 nitrogen and oxygen atoms in total. The van der Waals surface area contributed by atoms with Crippen LogP contribution in [-0.2, 0) is 23.9 Å². The molecule has 4 N–H and O–H groups in total. The molecule has 8 rings (SSSR count). The number of nitrogens with zero attached hydrogens (tertiary/aromatic N) is 6. The van der Waals surface area contributed by atoms with Crippen molar-refractivity contribution in [1.29, 1.82) is 0 Å². The number of amides is 4. The average molecular weight is 867 g/mol. The average Bonchev–Trinajstić information content (AvgIpc) is 4.10.